The fourth-order valence-electron chi connectivity index (χ4n) is 2.74. The van der Waals surface area contributed by atoms with Gasteiger partial charge >= 0.3 is 0 Å². The maximum Gasteiger partial charge on any atom is 0.227 e. The molecule has 0 aliphatic heterocycles. The largest absolute Gasteiger partial charge is 0.494 e. The summed E-state index contributed by atoms with van der Waals surface area (Å²) in [6, 6.07) is 15.0. The van der Waals surface area contributed by atoms with E-state index in [4.69, 9.17) is 4.74 Å². The average Bonchev–Trinajstić information content (AvgIpc) is 3.47. The molecule has 3 rings (SSSR count). The van der Waals surface area contributed by atoms with Gasteiger partial charge in [0.1, 0.15) is 5.75 Å². The molecule has 0 unspecified atom stereocenters. The van der Waals surface area contributed by atoms with Crippen LogP contribution < -0.4 is 15.4 Å². The lowest BCUT2D eigenvalue weighted by Gasteiger charge is -2.11. The summed E-state index contributed by atoms with van der Waals surface area (Å²) in [5.74, 6) is 0.967. The van der Waals surface area contributed by atoms with Crippen LogP contribution >= 0.6 is 0 Å². The predicted octanol–water partition coefficient (Wildman–Crippen LogP) is 4.01. The van der Waals surface area contributed by atoms with Crippen molar-refractivity contribution >= 4 is 23.2 Å². The fraction of sp³-hybridized carbons (Fsp3) is 0.333. The lowest BCUT2D eigenvalue weighted by Crippen LogP contribution is -2.15. The van der Waals surface area contributed by atoms with Crippen LogP contribution in [0.3, 0.4) is 0 Å². The predicted molar refractivity (Wildman–Crippen MR) is 102 cm³/mol. The Hall–Kier alpha value is -2.82. The van der Waals surface area contributed by atoms with E-state index < -0.39 is 0 Å². The van der Waals surface area contributed by atoms with Crippen molar-refractivity contribution in [2.75, 3.05) is 17.2 Å². The summed E-state index contributed by atoms with van der Waals surface area (Å²) < 4.78 is 5.59. The van der Waals surface area contributed by atoms with Crippen molar-refractivity contribution in [2.45, 2.75) is 32.6 Å². The lowest BCUT2D eigenvalue weighted by atomic mass is 10.1. The molecule has 26 heavy (non-hydrogen) atoms. The monoisotopic (exact) mass is 352 g/mol. The standard InChI is InChI=1S/C21H24N2O3/c1-2-26-19-9-4-3-6-15(19)12-13-20(24)22-17-7-5-8-18(14-17)23-21(25)16-10-11-16/h3-9,14,16H,2,10-13H2,1H3,(H,22,24)(H,23,25). The molecule has 1 saturated carbocycles. The van der Waals surface area contributed by atoms with Crippen LogP contribution in [0.2, 0.25) is 0 Å². The number of anilines is 2. The molecule has 2 N–H and O–H groups in total. The highest BCUT2D eigenvalue weighted by Gasteiger charge is 2.29. The number of amides is 2. The number of benzene rings is 2. The Morgan fingerprint density at radius 2 is 1.77 bits per heavy atom. The number of aryl methyl sites for hydroxylation is 1. The lowest BCUT2D eigenvalue weighted by molar-refractivity contribution is -0.117. The van der Waals surface area contributed by atoms with E-state index in [1.165, 1.54) is 0 Å². The number of nitrogens with one attached hydrogen (secondary N) is 2. The molecule has 0 aromatic heterocycles. The van der Waals surface area contributed by atoms with Crippen LogP contribution in [0.4, 0.5) is 11.4 Å². The third kappa shape index (κ3) is 5.09. The second-order valence-corrected chi connectivity index (χ2v) is 6.43. The van der Waals surface area contributed by atoms with Gasteiger partial charge in [-0.15, -0.1) is 0 Å². The first-order valence-electron chi connectivity index (χ1n) is 9.07. The third-order valence-electron chi connectivity index (χ3n) is 4.26. The van der Waals surface area contributed by atoms with Crippen molar-refractivity contribution < 1.29 is 14.3 Å². The summed E-state index contributed by atoms with van der Waals surface area (Å²) in [5, 5.41) is 5.78. The number of carbonyl (C=O) groups is 2. The number of para-hydroxylation sites is 1. The average molecular weight is 352 g/mol. The summed E-state index contributed by atoms with van der Waals surface area (Å²) in [4.78, 5) is 24.1. The molecule has 1 aliphatic rings. The molecule has 0 atom stereocenters. The minimum atomic E-state index is -0.0676. The highest BCUT2D eigenvalue weighted by molar-refractivity contribution is 5.96. The van der Waals surface area contributed by atoms with Crippen molar-refractivity contribution in [3.8, 4) is 5.75 Å². The van der Waals surface area contributed by atoms with E-state index in [9.17, 15) is 9.59 Å². The molecule has 0 radical (unpaired) electrons. The van der Waals surface area contributed by atoms with Crippen LogP contribution in [-0.4, -0.2) is 18.4 Å². The molecule has 1 fully saturated rings. The molecule has 0 saturated heterocycles. The van der Waals surface area contributed by atoms with Crippen molar-refractivity contribution in [1.29, 1.82) is 0 Å². The van der Waals surface area contributed by atoms with E-state index >= 15 is 0 Å². The van der Waals surface area contributed by atoms with Crippen LogP contribution in [0.1, 0.15) is 31.7 Å². The van der Waals surface area contributed by atoms with Gasteiger partial charge < -0.3 is 15.4 Å². The molecule has 2 aromatic rings. The fourth-order valence-corrected chi connectivity index (χ4v) is 2.74. The molecule has 5 heteroatoms. The van der Waals surface area contributed by atoms with Gasteiger partial charge in [0.15, 0.2) is 0 Å². The van der Waals surface area contributed by atoms with E-state index in [0.717, 1.165) is 24.2 Å². The molecule has 2 aromatic carbocycles. The van der Waals surface area contributed by atoms with Crippen molar-refractivity contribution in [3.63, 3.8) is 0 Å². The van der Waals surface area contributed by atoms with Crippen LogP contribution in [0.25, 0.3) is 0 Å². The van der Waals surface area contributed by atoms with Crippen LogP contribution in [0, 0.1) is 5.92 Å². The van der Waals surface area contributed by atoms with Gasteiger partial charge in [-0.2, -0.15) is 0 Å². The van der Waals surface area contributed by atoms with Crippen molar-refractivity contribution in [2.24, 2.45) is 5.92 Å². The van der Waals surface area contributed by atoms with Gasteiger partial charge in [-0.05, 0) is 56.0 Å². The number of rotatable bonds is 8. The molecule has 0 heterocycles. The second kappa shape index (κ2) is 8.52. The minimum absolute atomic E-state index is 0.0565. The van der Waals surface area contributed by atoms with Crippen molar-refractivity contribution in [1.82, 2.24) is 0 Å². The summed E-state index contributed by atoms with van der Waals surface area (Å²) in [7, 11) is 0. The van der Waals surface area contributed by atoms with Gasteiger partial charge in [-0.3, -0.25) is 9.59 Å². The third-order valence-corrected chi connectivity index (χ3v) is 4.26. The quantitative estimate of drug-likeness (QED) is 0.754. The van der Waals surface area contributed by atoms with E-state index in [-0.39, 0.29) is 17.7 Å². The number of carbonyl (C=O) groups excluding carboxylic acids is 2. The van der Waals surface area contributed by atoms with Crippen LogP contribution in [0.5, 0.6) is 5.75 Å². The van der Waals surface area contributed by atoms with E-state index in [2.05, 4.69) is 10.6 Å². The summed E-state index contributed by atoms with van der Waals surface area (Å²) in [6.07, 6.45) is 2.90. The molecule has 5 nitrogen and oxygen atoms in total. The zero-order chi connectivity index (χ0) is 18.4. The highest BCUT2D eigenvalue weighted by atomic mass is 16.5. The Balaban J connectivity index is 1.54. The maximum atomic E-state index is 12.3. The van der Waals surface area contributed by atoms with Gasteiger partial charge in [-0.1, -0.05) is 24.3 Å². The van der Waals surface area contributed by atoms with Gasteiger partial charge in [0.2, 0.25) is 11.8 Å². The zero-order valence-electron chi connectivity index (χ0n) is 15.0. The molecule has 0 spiro atoms. The minimum Gasteiger partial charge on any atom is -0.494 e. The van der Waals surface area contributed by atoms with Gasteiger partial charge in [0.05, 0.1) is 6.61 Å². The summed E-state index contributed by atoms with van der Waals surface area (Å²) >= 11 is 0. The zero-order valence-corrected chi connectivity index (χ0v) is 15.0. The Labute approximate surface area is 153 Å². The van der Waals surface area contributed by atoms with Gasteiger partial charge in [0, 0.05) is 23.7 Å². The van der Waals surface area contributed by atoms with Crippen molar-refractivity contribution in [3.05, 3.63) is 54.1 Å². The molecular weight excluding hydrogens is 328 g/mol. The Kier molecular flexibility index (Phi) is 5.89. The highest BCUT2D eigenvalue weighted by Crippen LogP contribution is 2.30. The first-order chi connectivity index (χ1) is 12.7. The van der Waals surface area contributed by atoms with Gasteiger partial charge in [0.25, 0.3) is 0 Å². The first-order valence-corrected chi connectivity index (χ1v) is 9.07. The Morgan fingerprint density at radius 1 is 1.04 bits per heavy atom. The van der Waals surface area contributed by atoms with Crippen LogP contribution in [0.15, 0.2) is 48.5 Å². The normalized spacial score (nSPS) is 13.1. The smallest absolute Gasteiger partial charge is 0.227 e. The molecular formula is C21H24N2O3. The van der Waals surface area contributed by atoms with Crippen LogP contribution in [-0.2, 0) is 16.0 Å². The molecule has 0 bridgehead atoms. The maximum absolute atomic E-state index is 12.3. The molecule has 136 valence electrons. The first kappa shape index (κ1) is 18.0. The topological polar surface area (TPSA) is 67.4 Å². The van der Waals surface area contributed by atoms with Gasteiger partial charge in [-0.25, -0.2) is 0 Å². The van der Waals surface area contributed by atoms with E-state index in [0.29, 0.717) is 30.8 Å². The summed E-state index contributed by atoms with van der Waals surface area (Å²) in [5.41, 5.74) is 2.41. The van der Waals surface area contributed by atoms with E-state index in [1.807, 2.05) is 49.4 Å². The Bertz CT molecular complexity index is 784. The Morgan fingerprint density at radius 3 is 2.50 bits per heavy atom. The number of ether oxygens (including phenoxy) is 1. The molecule has 1 aliphatic carbocycles. The van der Waals surface area contributed by atoms with E-state index in [1.54, 1.807) is 6.07 Å². The number of hydrogen-bond acceptors (Lipinski definition) is 3. The SMILES string of the molecule is CCOc1ccccc1CCC(=O)Nc1cccc(NC(=O)C2CC2)c1. The molecule has 2 amide bonds. The number of hydrogen-bond donors (Lipinski definition) is 2. The summed E-state index contributed by atoms with van der Waals surface area (Å²) in [6.45, 7) is 2.54. The second-order valence-electron chi connectivity index (χ2n) is 6.43.